The minimum Gasteiger partial charge on any atom is -0.322 e. The summed E-state index contributed by atoms with van der Waals surface area (Å²) >= 11 is 0. The molecule has 0 atom stereocenters. The van der Waals surface area contributed by atoms with Gasteiger partial charge < -0.3 is 5.32 Å². The van der Waals surface area contributed by atoms with E-state index in [2.05, 4.69) is 10.3 Å². The van der Waals surface area contributed by atoms with E-state index in [9.17, 15) is 14.4 Å². The summed E-state index contributed by atoms with van der Waals surface area (Å²) < 4.78 is 1.35. The molecule has 0 spiro atoms. The van der Waals surface area contributed by atoms with Gasteiger partial charge in [0.05, 0.1) is 22.2 Å². The Balaban J connectivity index is 1.62. The number of nitrogens with one attached hydrogen (secondary N) is 1. The molecule has 5 rings (SSSR count). The molecule has 0 radical (unpaired) electrons. The van der Waals surface area contributed by atoms with E-state index in [1.807, 2.05) is 19.1 Å². The Labute approximate surface area is 165 Å². The van der Waals surface area contributed by atoms with Crippen molar-refractivity contribution in [3.05, 3.63) is 99.6 Å². The number of aromatic nitrogens is 2. The monoisotopic (exact) mass is 381 g/mol. The molecule has 0 bridgehead atoms. The highest BCUT2D eigenvalue weighted by Crippen LogP contribution is 2.27. The molecule has 0 saturated heterocycles. The van der Waals surface area contributed by atoms with Crippen molar-refractivity contribution in [3.63, 3.8) is 0 Å². The quantitative estimate of drug-likeness (QED) is 0.508. The van der Waals surface area contributed by atoms with Crippen molar-refractivity contribution in [2.75, 3.05) is 5.32 Å². The van der Waals surface area contributed by atoms with Gasteiger partial charge in [-0.25, -0.2) is 4.98 Å². The van der Waals surface area contributed by atoms with Crippen LogP contribution in [-0.4, -0.2) is 21.2 Å². The van der Waals surface area contributed by atoms with Gasteiger partial charge in [0.15, 0.2) is 5.82 Å². The summed E-state index contributed by atoms with van der Waals surface area (Å²) in [6.07, 6.45) is 0. The number of hydrogen-bond acceptors (Lipinski definition) is 4. The molecule has 1 aliphatic heterocycles. The van der Waals surface area contributed by atoms with Crippen molar-refractivity contribution in [2.24, 2.45) is 0 Å². The summed E-state index contributed by atoms with van der Waals surface area (Å²) in [5.74, 6) is -0.413. The van der Waals surface area contributed by atoms with Gasteiger partial charge in [0.2, 0.25) is 5.78 Å². The first-order valence-corrected chi connectivity index (χ1v) is 9.12. The van der Waals surface area contributed by atoms with E-state index >= 15 is 0 Å². The van der Waals surface area contributed by atoms with Gasteiger partial charge in [-0.2, -0.15) is 0 Å². The van der Waals surface area contributed by atoms with Crippen LogP contribution in [0.15, 0.2) is 71.5 Å². The SMILES string of the molecule is Cc1ccc2c(c1)C(=O)c1nc3ccc(NC(=O)c4ccccc4)cc3c(=O)n1-2. The van der Waals surface area contributed by atoms with Crippen molar-refractivity contribution in [3.8, 4) is 5.69 Å². The fourth-order valence-electron chi connectivity index (χ4n) is 3.58. The Kier molecular flexibility index (Phi) is 3.67. The highest BCUT2D eigenvalue weighted by molar-refractivity contribution is 6.13. The minimum atomic E-state index is -0.336. The lowest BCUT2D eigenvalue weighted by atomic mass is 10.1. The molecule has 29 heavy (non-hydrogen) atoms. The fraction of sp³-hybridized carbons (Fsp3) is 0.0435. The predicted octanol–water partition coefficient (Wildman–Crippen LogP) is 3.49. The van der Waals surface area contributed by atoms with Crippen LogP contribution in [0.25, 0.3) is 16.6 Å². The van der Waals surface area contributed by atoms with Crippen molar-refractivity contribution in [1.29, 1.82) is 0 Å². The van der Waals surface area contributed by atoms with Crippen LogP contribution in [0.5, 0.6) is 0 Å². The smallest absolute Gasteiger partial charge is 0.266 e. The van der Waals surface area contributed by atoms with Gasteiger partial charge in [-0.1, -0.05) is 29.8 Å². The lowest BCUT2D eigenvalue weighted by molar-refractivity contribution is 0.102. The van der Waals surface area contributed by atoms with Gasteiger partial charge >= 0.3 is 0 Å². The molecule has 0 unspecified atom stereocenters. The second kappa shape index (κ2) is 6.24. The van der Waals surface area contributed by atoms with Crippen molar-refractivity contribution in [1.82, 2.24) is 9.55 Å². The lowest BCUT2D eigenvalue weighted by Gasteiger charge is -2.09. The van der Waals surface area contributed by atoms with Crippen molar-refractivity contribution >= 4 is 28.3 Å². The zero-order valence-corrected chi connectivity index (χ0v) is 15.5. The number of fused-ring (bicyclic) bond motifs is 4. The number of ketones is 1. The molecule has 1 amide bonds. The maximum atomic E-state index is 13.2. The van der Waals surface area contributed by atoms with Crippen LogP contribution in [0.4, 0.5) is 5.69 Å². The van der Waals surface area contributed by atoms with Gasteiger partial charge in [0, 0.05) is 11.3 Å². The lowest BCUT2D eigenvalue weighted by Crippen LogP contribution is -2.22. The van der Waals surface area contributed by atoms with Gasteiger partial charge in [-0.15, -0.1) is 0 Å². The van der Waals surface area contributed by atoms with Gasteiger partial charge in [-0.05, 0) is 49.4 Å². The number of carbonyl (C=O) groups excluding carboxylic acids is 2. The van der Waals surface area contributed by atoms with Crippen LogP contribution in [-0.2, 0) is 0 Å². The number of aryl methyl sites for hydroxylation is 1. The van der Waals surface area contributed by atoms with Crippen molar-refractivity contribution < 1.29 is 9.59 Å². The first-order chi connectivity index (χ1) is 14.0. The van der Waals surface area contributed by atoms with Crippen LogP contribution >= 0.6 is 0 Å². The number of rotatable bonds is 2. The van der Waals surface area contributed by atoms with E-state index in [1.54, 1.807) is 54.6 Å². The first-order valence-electron chi connectivity index (χ1n) is 9.12. The highest BCUT2D eigenvalue weighted by Gasteiger charge is 2.30. The Morgan fingerprint density at radius 3 is 2.55 bits per heavy atom. The predicted molar refractivity (Wildman–Crippen MR) is 110 cm³/mol. The molecule has 0 saturated carbocycles. The topological polar surface area (TPSA) is 81.1 Å². The average Bonchev–Trinajstić information content (AvgIpc) is 3.01. The standard InChI is InChI=1S/C23H15N3O3/c1-13-7-10-19-17(11-13)20(27)21-25-18-9-8-15(12-16(18)23(29)26(19)21)24-22(28)14-5-3-2-4-6-14/h2-12H,1H3,(H,24,28). The first kappa shape index (κ1) is 17.1. The summed E-state index contributed by atoms with van der Waals surface area (Å²) in [6, 6.07) is 19.1. The third-order valence-corrected chi connectivity index (χ3v) is 5.00. The molecule has 0 fully saturated rings. The normalized spacial score (nSPS) is 12.0. The van der Waals surface area contributed by atoms with Crippen LogP contribution < -0.4 is 10.9 Å². The van der Waals surface area contributed by atoms with E-state index in [-0.39, 0.29) is 23.1 Å². The van der Waals surface area contributed by atoms with Crippen LogP contribution in [0.1, 0.15) is 32.1 Å². The van der Waals surface area contributed by atoms with E-state index < -0.39 is 0 Å². The second-order valence-electron chi connectivity index (χ2n) is 6.98. The van der Waals surface area contributed by atoms with Crippen LogP contribution in [0, 0.1) is 6.92 Å². The number of anilines is 1. The molecule has 140 valence electrons. The largest absolute Gasteiger partial charge is 0.322 e. The fourth-order valence-corrected chi connectivity index (χ4v) is 3.58. The van der Waals surface area contributed by atoms with E-state index in [0.717, 1.165) is 5.56 Å². The van der Waals surface area contributed by atoms with Gasteiger partial charge in [-0.3, -0.25) is 19.0 Å². The molecule has 2 heterocycles. The highest BCUT2D eigenvalue weighted by atomic mass is 16.2. The third kappa shape index (κ3) is 2.65. The summed E-state index contributed by atoms with van der Waals surface area (Å²) in [4.78, 5) is 42.7. The van der Waals surface area contributed by atoms with E-state index in [4.69, 9.17) is 0 Å². The average molecular weight is 381 g/mol. The van der Waals surface area contributed by atoms with Crippen LogP contribution in [0.2, 0.25) is 0 Å². The molecule has 1 N–H and O–H groups in total. The molecule has 6 heteroatoms. The summed E-state index contributed by atoms with van der Waals surface area (Å²) in [5, 5.41) is 3.13. The van der Waals surface area contributed by atoms with Gasteiger partial charge in [0.1, 0.15) is 0 Å². The second-order valence-corrected chi connectivity index (χ2v) is 6.98. The third-order valence-electron chi connectivity index (χ3n) is 5.00. The number of nitrogens with zero attached hydrogens (tertiary/aromatic N) is 2. The zero-order chi connectivity index (χ0) is 20.1. The Morgan fingerprint density at radius 1 is 0.966 bits per heavy atom. The minimum absolute atomic E-state index is 0.115. The van der Waals surface area contributed by atoms with Gasteiger partial charge in [0.25, 0.3) is 11.5 Å². The molecule has 6 nitrogen and oxygen atoms in total. The Bertz CT molecular complexity index is 1390. The summed E-state index contributed by atoms with van der Waals surface area (Å²) in [5.41, 5.74) is 3.03. The zero-order valence-electron chi connectivity index (χ0n) is 15.5. The Hall–Kier alpha value is -4.06. The Morgan fingerprint density at radius 2 is 1.76 bits per heavy atom. The summed E-state index contributed by atoms with van der Waals surface area (Å²) in [7, 11) is 0. The molecule has 4 aromatic rings. The maximum absolute atomic E-state index is 13.2. The number of benzene rings is 3. The molecule has 0 aliphatic carbocycles. The number of amides is 1. The van der Waals surface area contributed by atoms with Crippen LogP contribution in [0.3, 0.4) is 0 Å². The molecular formula is C23H15N3O3. The van der Waals surface area contributed by atoms with E-state index in [1.165, 1.54) is 4.57 Å². The van der Waals surface area contributed by atoms with E-state index in [0.29, 0.717) is 33.4 Å². The maximum Gasteiger partial charge on any atom is 0.266 e. The number of hydrogen-bond donors (Lipinski definition) is 1. The molecule has 1 aliphatic rings. The van der Waals surface area contributed by atoms with Crippen molar-refractivity contribution in [2.45, 2.75) is 6.92 Å². The molecule has 3 aromatic carbocycles. The molecular weight excluding hydrogens is 366 g/mol. The molecule has 1 aromatic heterocycles. The number of carbonyl (C=O) groups is 2. The summed E-state index contributed by atoms with van der Waals surface area (Å²) in [6.45, 7) is 1.89.